The smallest absolute Gasteiger partial charge is 0.0705 e. The first-order valence-electron chi connectivity index (χ1n) is 6.67. The lowest BCUT2D eigenvalue weighted by atomic mass is 10.1. The maximum absolute atomic E-state index is 4.67. The summed E-state index contributed by atoms with van der Waals surface area (Å²) in [6.07, 6.45) is 2.08. The van der Waals surface area contributed by atoms with Crippen molar-refractivity contribution in [1.29, 1.82) is 0 Å². The quantitative estimate of drug-likeness (QED) is 0.569. The van der Waals surface area contributed by atoms with Crippen LogP contribution in [-0.2, 0) is 0 Å². The number of para-hydroxylation sites is 2. The van der Waals surface area contributed by atoms with E-state index in [1.807, 2.05) is 36.4 Å². The molecule has 2 nitrogen and oxygen atoms in total. The Kier molecular flexibility index (Phi) is 2.52. The van der Waals surface area contributed by atoms with Crippen molar-refractivity contribution in [2.45, 2.75) is 0 Å². The van der Waals surface area contributed by atoms with Crippen molar-refractivity contribution in [2.24, 2.45) is 0 Å². The van der Waals surface area contributed by atoms with E-state index in [1.165, 1.54) is 10.8 Å². The molecule has 4 aromatic rings. The van der Waals surface area contributed by atoms with Crippen LogP contribution in [0.1, 0.15) is 11.4 Å². The minimum Gasteiger partial charge on any atom is -0.358 e. The molecule has 95 valence electrons. The third-order valence-corrected chi connectivity index (χ3v) is 3.47. The summed E-state index contributed by atoms with van der Waals surface area (Å²) in [7, 11) is 0. The van der Waals surface area contributed by atoms with Crippen molar-refractivity contribution in [1.82, 2.24) is 9.97 Å². The van der Waals surface area contributed by atoms with Crippen molar-refractivity contribution < 1.29 is 0 Å². The zero-order valence-electron chi connectivity index (χ0n) is 10.9. The Morgan fingerprint density at radius 1 is 0.800 bits per heavy atom. The van der Waals surface area contributed by atoms with Gasteiger partial charge in [-0.25, -0.2) is 0 Å². The monoisotopic (exact) mass is 257 g/mol. The third-order valence-electron chi connectivity index (χ3n) is 3.47. The van der Waals surface area contributed by atoms with Crippen molar-refractivity contribution in [3.63, 3.8) is 0 Å². The van der Waals surface area contributed by atoms with E-state index in [2.05, 4.69) is 46.7 Å². The summed E-state index contributed by atoms with van der Waals surface area (Å²) in [5.41, 5.74) is 4.22. The van der Waals surface area contributed by atoms with Gasteiger partial charge in [0.25, 0.3) is 0 Å². The predicted molar refractivity (Wildman–Crippen MR) is 82.5 cm³/mol. The summed E-state index contributed by atoms with van der Waals surface area (Å²) < 4.78 is 0. The molecule has 0 saturated heterocycles. The number of rotatable bonds is 2. The van der Waals surface area contributed by atoms with Crippen LogP contribution in [0.15, 0.2) is 66.7 Å². The number of H-pyrrole nitrogens is 1. The highest BCUT2D eigenvalue weighted by Gasteiger charge is 2.04. The molecule has 0 fully saturated rings. The summed E-state index contributed by atoms with van der Waals surface area (Å²) >= 11 is 0. The van der Waals surface area contributed by atoms with Gasteiger partial charge >= 0.3 is 0 Å². The number of fused-ring (bicyclic) bond motifs is 2. The molecule has 2 aromatic heterocycles. The zero-order valence-corrected chi connectivity index (χ0v) is 10.9. The molecule has 0 bridgehead atoms. The summed E-state index contributed by atoms with van der Waals surface area (Å²) in [5.74, 6) is 0. The minimum atomic E-state index is 0.968. The van der Waals surface area contributed by atoms with Crippen molar-refractivity contribution in [3.8, 4) is 0 Å². The minimum absolute atomic E-state index is 0.968. The molecule has 0 aliphatic carbocycles. The lowest BCUT2D eigenvalue weighted by Crippen LogP contribution is -1.90. The Hall–Kier alpha value is -2.61. The molecule has 4 rings (SSSR count). The lowest BCUT2D eigenvalue weighted by molar-refractivity contribution is 1.22. The lowest BCUT2D eigenvalue weighted by Gasteiger charge is -2.01. The van der Waals surface area contributed by atoms with Gasteiger partial charge in [0.15, 0.2) is 0 Å². The van der Waals surface area contributed by atoms with E-state index in [9.17, 15) is 0 Å². The Morgan fingerprint density at radius 3 is 2.50 bits per heavy atom. The van der Waals surface area contributed by atoms with E-state index >= 15 is 0 Å². The standard InChI is InChI=1S/C18H13N2/c1-3-7-17-13(5-1)9-10-15(19-17)12-16-11-14-6-2-4-8-18(14)20-16/h1-12,20H. The number of benzene rings is 2. The number of nitrogens with one attached hydrogen (secondary N) is 1. The number of hydrogen-bond acceptors (Lipinski definition) is 1. The number of nitrogens with zero attached hydrogens (tertiary/aromatic N) is 1. The van der Waals surface area contributed by atoms with Crippen LogP contribution in [0.5, 0.6) is 0 Å². The first kappa shape index (κ1) is 11.2. The van der Waals surface area contributed by atoms with Gasteiger partial charge in [-0.2, -0.15) is 0 Å². The Labute approximate surface area is 117 Å². The second-order valence-electron chi connectivity index (χ2n) is 4.89. The molecule has 0 unspecified atom stereocenters. The second-order valence-corrected chi connectivity index (χ2v) is 4.89. The molecule has 0 aliphatic rings. The SMILES string of the molecule is [CH](c1ccc2ccccc2n1)c1cc2ccccc2[nH]1. The maximum Gasteiger partial charge on any atom is 0.0705 e. The van der Waals surface area contributed by atoms with E-state index in [0.717, 1.165) is 22.4 Å². The van der Waals surface area contributed by atoms with Gasteiger partial charge in [-0.3, -0.25) is 4.98 Å². The average Bonchev–Trinajstić information content (AvgIpc) is 2.89. The fraction of sp³-hybridized carbons (Fsp3) is 0. The summed E-state index contributed by atoms with van der Waals surface area (Å²) in [6.45, 7) is 0. The largest absolute Gasteiger partial charge is 0.358 e. The molecule has 0 aliphatic heterocycles. The van der Waals surface area contributed by atoms with Gasteiger partial charge in [0.1, 0.15) is 0 Å². The molecule has 0 amide bonds. The highest BCUT2D eigenvalue weighted by Crippen LogP contribution is 2.19. The molecule has 20 heavy (non-hydrogen) atoms. The van der Waals surface area contributed by atoms with E-state index in [-0.39, 0.29) is 0 Å². The third kappa shape index (κ3) is 1.95. The Bertz CT molecular complexity index is 857. The maximum atomic E-state index is 4.67. The molecule has 1 N–H and O–H groups in total. The number of hydrogen-bond donors (Lipinski definition) is 1. The van der Waals surface area contributed by atoms with Gasteiger partial charge in [-0.15, -0.1) is 0 Å². The van der Waals surface area contributed by atoms with Gasteiger partial charge in [-0.05, 0) is 29.7 Å². The van der Waals surface area contributed by atoms with E-state index in [0.29, 0.717) is 0 Å². The molecule has 2 heterocycles. The molecule has 0 spiro atoms. The Morgan fingerprint density at radius 2 is 1.60 bits per heavy atom. The molecular weight excluding hydrogens is 244 g/mol. The van der Waals surface area contributed by atoms with Gasteiger partial charge in [0.2, 0.25) is 0 Å². The fourth-order valence-corrected chi connectivity index (χ4v) is 2.50. The van der Waals surface area contributed by atoms with Crippen LogP contribution >= 0.6 is 0 Å². The number of pyridine rings is 1. The first-order valence-corrected chi connectivity index (χ1v) is 6.67. The Balaban J connectivity index is 1.72. The molecule has 0 atom stereocenters. The van der Waals surface area contributed by atoms with Gasteiger partial charge < -0.3 is 4.98 Å². The highest BCUT2D eigenvalue weighted by molar-refractivity contribution is 5.81. The second kappa shape index (κ2) is 4.49. The summed E-state index contributed by atoms with van der Waals surface area (Å²) in [6, 6.07) is 22.7. The summed E-state index contributed by atoms with van der Waals surface area (Å²) in [4.78, 5) is 8.06. The van der Waals surface area contributed by atoms with Crippen LogP contribution < -0.4 is 0 Å². The normalized spacial score (nSPS) is 11.2. The molecular formula is C18H13N2. The van der Waals surface area contributed by atoms with Crippen LogP contribution in [0, 0.1) is 6.42 Å². The average molecular weight is 257 g/mol. The predicted octanol–water partition coefficient (Wildman–Crippen LogP) is 4.32. The number of aromatic nitrogens is 2. The van der Waals surface area contributed by atoms with Gasteiger partial charge in [0.05, 0.1) is 17.6 Å². The van der Waals surface area contributed by atoms with Crippen LogP contribution in [0.2, 0.25) is 0 Å². The van der Waals surface area contributed by atoms with Crippen LogP contribution in [0.25, 0.3) is 21.8 Å². The van der Waals surface area contributed by atoms with E-state index < -0.39 is 0 Å². The van der Waals surface area contributed by atoms with Crippen molar-refractivity contribution in [3.05, 3.63) is 84.5 Å². The van der Waals surface area contributed by atoms with Crippen molar-refractivity contribution >= 4 is 21.8 Å². The van der Waals surface area contributed by atoms with Crippen LogP contribution in [-0.4, -0.2) is 9.97 Å². The van der Waals surface area contributed by atoms with Crippen LogP contribution in [0.3, 0.4) is 0 Å². The van der Waals surface area contributed by atoms with Crippen LogP contribution in [0.4, 0.5) is 0 Å². The molecule has 2 heteroatoms. The highest BCUT2D eigenvalue weighted by atomic mass is 14.7. The molecule has 2 aromatic carbocycles. The van der Waals surface area contributed by atoms with Crippen molar-refractivity contribution in [2.75, 3.05) is 0 Å². The first-order chi connectivity index (χ1) is 9.88. The number of aromatic amines is 1. The van der Waals surface area contributed by atoms with E-state index in [4.69, 9.17) is 0 Å². The molecule has 1 radical (unpaired) electrons. The summed E-state index contributed by atoms with van der Waals surface area (Å²) in [5, 5.41) is 2.39. The fourth-order valence-electron chi connectivity index (χ4n) is 2.50. The molecule has 0 saturated carbocycles. The zero-order chi connectivity index (χ0) is 13.4. The van der Waals surface area contributed by atoms with Gasteiger partial charge in [0, 0.05) is 16.6 Å². The van der Waals surface area contributed by atoms with Gasteiger partial charge in [-0.1, -0.05) is 42.5 Å². The topological polar surface area (TPSA) is 28.7 Å². The van der Waals surface area contributed by atoms with E-state index in [1.54, 1.807) is 0 Å².